The first-order valence-electron chi connectivity index (χ1n) is 3.09. The highest BCUT2D eigenvalue weighted by Gasteiger charge is 1.93. The number of nitriles is 1. The van der Waals surface area contributed by atoms with Gasteiger partial charge in [-0.25, -0.2) is 0 Å². The van der Waals surface area contributed by atoms with E-state index >= 15 is 0 Å². The lowest BCUT2D eigenvalue weighted by Gasteiger charge is -1.95. The molecule has 0 fully saturated rings. The Hall–Kier alpha value is -1.07. The molecule has 0 atom stereocenters. The highest BCUT2D eigenvalue weighted by molar-refractivity contribution is 9.15. The van der Waals surface area contributed by atoms with Gasteiger partial charge >= 0.3 is 0 Å². The zero-order valence-electron chi connectivity index (χ0n) is 5.84. The first-order chi connectivity index (χ1) is 5.24. The Labute approximate surface area is 74.1 Å². The maximum absolute atomic E-state index is 8.48. The molecule has 1 rings (SSSR count). The van der Waals surface area contributed by atoms with Gasteiger partial charge in [0.1, 0.15) is 0 Å². The first-order valence-corrected chi connectivity index (χ1v) is 3.88. The molecular formula is C9H6BrN. The van der Waals surface area contributed by atoms with Crippen LogP contribution in [0.15, 0.2) is 30.8 Å². The van der Waals surface area contributed by atoms with Gasteiger partial charge in [0.2, 0.25) is 0 Å². The molecule has 54 valence electrons. The van der Waals surface area contributed by atoms with Gasteiger partial charge in [-0.15, -0.1) is 0 Å². The van der Waals surface area contributed by atoms with Gasteiger partial charge in [0.05, 0.1) is 11.6 Å². The lowest BCUT2D eigenvalue weighted by molar-refractivity contribution is 1.48. The van der Waals surface area contributed by atoms with Crippen LogP contribution in [0.1, 0.15) is 11.1 Å². The van der Waals surface area contributed by atoms with Gasteiger partial charge in [-0.05, 0) is 17.7 Å². The summed E-state index contributed by atoms with van der Waals surface area (Å²) in [6.07, 6.45) is 0. The van der Waals surface area contributed by atoms with Gasteiger partial charge in [0.25, 0.3) is 0 Å². The molecule has 0 unspecified atom stereocenters. The van der Waals surface area contributed by atoms with Crippen molar-refractivity contribution in [3.63, 3.8) is 0 Å². The summed E-state index contributed by atoms with van der Waals surface area (Å²) in [6.45, 7) is 3.71. The predicted octanol–water partition coefficient (Wildman–Crippen LogP) is 2.92. The monoisotopic (exact) mass is 207 g/mol. The van der Waals surface area contributed by atoms with Crippen molar-refractivity contribution < 1.29 is 0 Å². The average molecular weight is 208 g/mol. The summed E-state index contributed by atoms with van der Waals surface area (Å²) in [4.78, 5) is 0. The van der Waals surface area contributed by atoms with Crippen LogP contribution in [-0.4, -0.2) is 0 Å². The Kier molecular flexibility index (Phi) is 2.45. The molecule has 0 aliphatic heterocycles. The number of hydrogen-bond acceptors (Lipinski definition) is 1. The summed E-state index contributed by atoms with van der Waals surface area (Å²) in [5, 5.41) is 8.48. The molecule has 0 aliphatic carbocycles. The molecule has 0 aliphatic rings. The zero-order chi connectivity index (χ0) is 8.27. The molecule has 0 N–H and O–H groups in total. The summed E-state index contributed by atoms with van der Waals surface area (Å²) >= 11 is 3.25. The normalized spacial score (nSPS) is 8.73. The SMILES string of the molecule is C=C(Br)c1ccc(C#N)cc1. The Balaban J connectivity index is 3.03. The van der Waals surface area contributed by atoms with Crippen LogP contribution in [0.25, 0.3) is 4.48 Å². The molecule has 0 bridgehead atoms. The quantitative estimate of drug-likeness (QED) is 0.695. The van der Waals surface area contributed by atoms with E-state index in [1.54, 1.807) is 12.1 Å². The average Bonchev–Trinajstić information content (AvgIpc) is 2.05. The third-order valence-corrected chi connectivity index (χ3v) is 1.79. The first kappa shape index (κ1) is 8.03. The maximum atomic E-state index is 8.48. The van der Waals surface area contributed by atoms with Crippen LogP contribution in [0, 0.1) is 11.3 Å². The van der Waals surface area contributed by atoms with Crippen LogP contribution >= 0.6 is 15.9 Å². The Morgan fingerprint density at radius 1 is 1.36 bits per heavy atom. The number of benzene rings is 1. The number of halogens is 1. The third-order valence-electron chi connectivity index (χ3n) is 1.33. The van der Waals surface area contributed by atoms with Crippen LogP contribution in [0.4, 0.5) is 0 Å². The van der Waals surface area contributed by atoms with E-state index in [4.69, 9.17) is 5.26 Å². The fraction of sp³-hybridized carbons (Fsp3) is 0. The highest BCUT2D eigenvalue weighted by Crippen LogP contribution is 2.18. The van der Waals surface area contributed by atoms with Crippen LogP contribution in [0.2, 0.25) is 0 Å². The molecule has 1 aromatic rings. The molecule has 1 aromatic carbocycles. The smallest absolute Gasteiger partial charge is 0.0991 e. The molecule has 0 saturated carbocycles. The lowest BCUT2D eigenvalue weighted by atomic mass is 10.1. The summed E-state index contributed by atoms with van der Waals surface area (Å²) in [6, 6.07) is 9.29. The minimum Gasteiger partial charge on any atom is -0.192 e. The summed E-state index contributed by atoms with van der Waals surface area (Å²) in [7, 11) is 0. The van der Waals surface area contributed by atoms with Crippen molar-refractivity contribution in [1.29, 1.82) is 5.26 Å². The van der Waals surface area contributed by atoms with E-state index in [2.05, 4.69) is 22.5 Å². The molecule has 11 heavy (non-hydrogen) atoms. The molecular weight excluding hydrogens is 202 g/mol. The van der Waals surface area contributed by atoms with E-state index < -0.39 is 0 Å². The molecule has 0 saturated heterocycles. The van der Waals surface area contributed by atoms with Crippen molar-refractivity contribution in [2.75, 3.05) is 0 Å². The van der Waals surface area contributed by atoms with Crippen molar-refractivity contribution >= 4 is 20.4 Å². The fourth-order valence-corrected chi connectivity index (χ4v) is 0.990. The molecule has 2 heteroatoms. The Morgan fingerprint density at radius 3 is 2.27 bits per heavy atom. The van der Waals surface area contributed by atoms with Crippen molar-refractivity contribution in [2.24, 2.45) is 0 Å². The summed E-state index contributed by atoms with van der Waals surface area (Å²) in [5.74, 6) is 0. The zero-order valence-corrected chi connectivity index (χ0v) is 7.43. The van der Waals surface area contributed by atoms with E-state index in [1.807, 2.05) is 18.2 Å². The molecule has 1 nitrogen and oxygen atoms in total. The second-order valence-electron chi connectivity index (χ2n) is 2.09. The lowest BCUT2D eigenvalue weighted by Crippen LogP contribution is -1.76. The van der Waals surface area contributed by atoms with Gasteiger partial charge in [0.15, 0.2) is 0 Å². The second kappa shape index (κ2) is 3.36. The topological polar surface area (TPSA) is 23.8 Å². The number of rotatable bonds is 1. The van der Waals surface area contributed by atoms with Gasteiger partial charge in [-0.1, -0.05) is 34.6 Å². The number of hydrogen-bond donors (Lipinski definition) is 0. The Bertz CT molecular complexity index is 305. The van der Waals surface area contributed by atoms with Gasteiger partial charge in [-0.2, -0.15) is 5.26 Å². The van der Waals surface area contributed by atoms with Crippen molar-refractivity contribution in [3.05, 3.63) is 42.0 Å². The molecule has 0 amide bonds. The second-order valence-corrected chi connectivity index (χ2v) is 3.05. The highest BCUT2D eigenvalue weighted by atomic mass is 79.9. The molecule has 0 radical (unpaired) electrons. The standard InChI is InChI=1S/C9H6BrN/c1-7(10)9-4-2-8(6-11)3-5-9/h2-5H,1H2. The van der Waals surface area contributed by atoms with E-state index in [-0.39, 0.29) is 0 Å². The minimum atomic E-state index is 0.669. The van der Waals surface area contributed by atoms with Gasteiger partial charge < -0.3 is 0 Å². The van der Waals surface area contributed by atoms with Crippen molar-refractivity contribution in [3.8, 4) is 6.07 Å². The summed E-state index contributed by atoms with van der Waals surface area (Å²) in [5.41, 5.74) is 1.67. The Morgan fingerprint density at radius 2 is 1.91 bits per heavy atom. The van der Waals surface area contributed by atoms with Gasteiger partial charge in [0, 0.05) is 4.48 Å². The van der Waals surface area contributed by atoms with Gasteiger partial charge in [-0.3, -0.25) is 0 Å². The number of nitrogens with zero attached hydrogens (tertiary/aromatic N) is 1. The molecule has 0 heterocycles. The van der Waals surface area contributed by atoms with Crippen molar-refractivity contribution in [2.45, 2.75) is 0 Å². The van der Waals surface area contributed by atoms with E-state index in [9.17, 15) is 0 Å². The minimum absolute atomic E-state index is 0.669. The van der Waals surface area contributed by atoms with E-state index in [0.717, 1.165) is 10.0 Å². The summed E-state index contributed by atoms with van der Waals surface area (Å²) < 4.78 is 0.835. The van der Waals surface area contributed by atoms with Crippen LogP contribution < -0.4 is 0 Å². The van der Waals surface area contributed by atoms with E-state index in [1.165, 1.54) is 0 Å². The van der Waals surface area contributed by atoms with Crippen LogP contribution in [-0.2, 0) is 0 Å². The van der Waals surface area contributed by atoms with Crippen LogP contribution in [0.5, 0.6) is 0 Å². The fourth-order valence-electron chi connectivity index (χ4n) is 0.726. The third kappa shape index (κ3) is 1.92. The van der Waals surface area contributed by atoms with E-state index in [0.29, 0.717) is 5.56 Å². The molecule has 0 aromatic heterocycles. The largest absolute Gasteiger partial charge is 0.192 e. The van der Waals surface area contributed by atoms with Crippen LogP contribution in [0.3, 0.4) is 0 Å². The molecule has 0 spiro atoms. The van der Waals surface area contributed by atoms with Crippen molar-refractivity contribution in [1.82, 2.24) is 0 Å². The predicted molar refractivity (Wildman–Crippen MR) is 49.1 cm³/mol. The maximum Gasteiger partial charge on any atom is 0.0991 e.